The molecule has 2 heterocycles. The van der Waals surface area contributed by atoms with Gasteiger partial charge < -0.3 is 10.3 Å². The Morgan fingerprint density at radius 2 is 1.91 bits per heavy atom. The molecule has 0 fully saturated rings. The zero-order chi connectivity index (χ0) is 15.3. The van der Waals surface area contributed by atoms with E-state index in [1.54, 1.807) is 4.68 Å². The number of furan rings is 1. The fraction of sp³-hybridized carbons (Fsp3) is 0.0526. The quantitative estimate of drug-likeness (QED) is 0.547. The lowest BCUT2D eigenvalue weighted by atomic mass is 10.1. The van der Waals surface area contributed by atoms with Gasteiger partial charge in [-0.3, -0.25) is 4.68 Å². The van der Waals surface area contributed by atoms with E-state index in [0.29, 0.717) is 0 Å². The average Bonchev–Trinajstić information content (AvgIpc) is 3.02. The molecule has 3 heteroatoms. The van der Waals surface area contributed by atoms with Crippen molar-refractivity contribution in [3.63, 3.8) is 0 Å². The lowest BCUT2D eigenvalue weighted by Gasteiger charge is -1.98. The molecule has 108 valence electrons. The van der Waals surface area contributed by atoms with Crippen LogP contribution in [-0.2, 0) is 0 Å². The van der Waals surface area contributed by atoms with E-state index in [9.17, 15) is 0 Å². The predicted octanol–water partition coefficient (Wildman–Crippen LogP) is 3.02. The highest BCUT2D eigenvalue weighted by atomic mass is 16.3. The second-order valence-corrected chi connectivity index (χ2v) is 5.36. The number of hydrogen-bond donors (Lipinski definition) is 1. The van der Waals surface area contributed by atoms with Gasteiger partial charge in [-0.15, -0.1) is 0 Å². The normalized spacial score (nSPS) is 13.2. The molecule has 0 aliphatic carbocycles. The molecular weight excluding hydrogens is 272 g/mol. The molecule has 4 rings (SSSR count). The minimum Gasteiger partial charge on any atom is -0.456 e. The van der Waals surface area contributed by atoms with Gasteiger partial charge in [-0.25, -0.2) is 0 Å². The third kappa shape index (κ3) is 1.56. The van der Waals surface area contributed by atoms with Crippen molar-refractivity contribution in [1.82, 2.24) is 4.68 Å². The Morgan fingerprint density at radius 3 is 2.73 bits per heavy atom. The summed E-state index contributed by atoms with van der Waals surface area (Å²) in [6.07, 6.45) is 6.04. The molecule has 0 spiro atoms. The summed E-state index contributed by atoms with van der Waals surface area (Å²) in [5.74, 6) is 6.30. The maximum atomic E-state index is 6.30. The zero-order valence-electron chi connectivity index (χ0n) is 12.3. The molecule has 2 aromatic heterocycles. The lowest BCUT2D eigenvalue weighted by molar-refractivity contribution is 0.669. The summed E-state index contributed by atoms with van der Waals surface area (Å²) < 4.78 is 7.59. The van der Waals surface area contributed by atoms with Crippen LogP contribution in [-0.4, -0.2) is 4.68 Å². The second kappa shape index (κ2) is 4.53. The number of nitrogen functional groups attached to an aromatic ring is 1. The molecule has 0 aliphatic rings. The summed E-state index contributed by atoms with van der Waals surface area (Å²) in [5, 5.41) is 5.05. The van der Waals surface area contributed by atoms with Crippen LogP contribution in [0.2, 0.25) is 0 Å². The van der Waals surface area contributed by atoms with Crippen molar-refractivity contribution >= 4 is 45.5 Å². The molecule has 2 aromatic carbocycles. The largest absolute Gasteiger partial charge is 0.456 e. The Balaban J connectivity index is 2.33. The SMILES string of the molecule is C=c1c(=CC=CC)c2ccc3oc4ccccc4c3c2n1N. The van der Waals surface area contributed by atoms with Gasteiger partial charge in [0.15, 0.2) is 0 Å². The summed E-state index contributed by atoms with van der Waals surface area (Å²) in [7, 11) is 0. The third-order valence-corrected chi connectivity index (χ3v) is 4.10. The topological polar surface area (TPSA) is 44.1 Å². The molecule has 0 radical (unpaired) electrons. The van der Waals surface area contributed by atoms with Crippen LogP contribution in [0.25, 0.3) is 45.5 Å². The summed E-state index contributed by atoms with van der Waals surface area (Å²) >= 11 is 0. The van der Waals surface area contributed by atoms with E-state index in [1.165, 1.54) is 0 Å². The monoisotopic (exact) mass is 288 g/mol. The van der Waals surface area contributed by atoms with E-state index in [1.807, 2.05) is 55.5 Å². The maximum Gasteiger partial charge on any atom is 0.137 e. The number of hydrogen-bond acceptors (Lipinski definition) is 2. The molecule has 22 heavy (non-hydrogen) atoms. The molecule has 0 unspecified atom stereocenters. The minimum absolute atomic E-state index is 0.797. The number of allylic oxidation sites excluding steroid dienone is 2. The van der Waals surface area contributed by atoms with Gasteiger partial charge in [0.25, 0.3) is 0 Å². The molecule has 0 saturated heterocycles. The van der Waals surface area contributed by atoms with Crippen molar-refractivity contribution in [2.75, 3.05) is 5.84 Å². The van der Waals surface area contributed by atoms with E-state index in [-0.39, 0.29) is 0 Å². The number of fused-ring (bicyclic) bond motifs is 5. The summed E-state index contributed by atoms with van der Waals surface area (Å²) in [4.78, 5) is 0. The van der Waals surface area contributed by atoms with E-state index < -0.39 is 0 Å². The van der Waals surface area contributed by atoms with Crippen molar-refractivity contribution in [3.05, 3.63) is 59.1 Å². The second-order valence-electron chi connectivity index (χ2n) is 5.36. The van der Waals surface area contributed by atoms with Crippen molar-refractivity contribution in [2.24, 2.45) is 0 Å². The number of nitrogens with zero attached hydrogens (tertiary/aromatic N) is 1. The molecule has 0 amide bonds. The van der Waals surface area contributed by atoms with Crippen molar-refractivity contribution in [3.8, 4) is 0 Å². The lowest BCUT2D eigenvalue weighted by Crippen LogP contribution is -2.31. The highest BCUT2D eigenvalue weighted by molar-refractivity contribution is 6.17. The van der Waals surface area contributed by atoms with E-state index in [4.69, 9.17) is 10.3 Å². The minimum atomic E-state index is 0.797. The first kappa shape index (κ1) is 12.8. The first-order valence-electron chi connectivity index (χ1n) is 7.24. The van der Waals surface area contributed by atoms with Crippen LogP contribution in [0.4, 0.5) is 0 Å². The first-order valence-corrected chi connectivity index (χ1v) is 7.24. The number of rotatable bonds is 1. The van der Waals surface area contributed by atoms with Crippen molar-refractivity contribution in [2.45, 2.75) is 6.92 Å². The Kier molecular flexibility index (Phi) is 2.63. The van der Waals surface area contributed by atoms with Crippen LogP contribution in [0.15, 0.2) is 53.0 Å². The fourth-order valence-corrected chi connectivity index (χ4v) is 3.06. The van der Waals surface area contributed by atoms with Crippen LogP contribution >= 0.6 is 0 Å². The number of nitrogens with two attached hydrogens (primary N) is 1. The van der Waals surface area contributed by atoms with Gasteiger partial charge >= 0.3 is 0 Å². The Bertz CT molecular complexity index is 1160. The fourth-order valence-electron chi connectivity index (χ4n) is 3.06. The molecule has 0 saturated carbocycles. The van der Waals surface area contributed by atoms with Gasteiger partial charge in [0, 0.05) is 16.0 Å². The molecule has 0 atom stereocenters. The van der Waals surface area contributed by atoms with Gasteiger partial charge in [0.2, 0.25) is 0 Å². The summed E-state index contributed by atoms with van der Waals surface area (Å²) in [5.41, 5.74) is 2.68. The Hall–Kier alpha value is -2.94. The molecule has 2 N–H and O–H groups in total. The number of benzene rings is 2. The van der Waals surface area contributed by atoms with E-state index in [0.717, 1.165) is 43.4 Å². The first-order chi connectivity index (χ1) is 10.7. The van der Waals surface area contributed by atoms with Gasteiger partial charge in [0.05, 0.1) is 16.3 Å². The molecule has 0 aliphatic heterocycles. The number of para-hydroxylation sites is 1. The van der Waals surface area contributed by atoms with Crippen molar-refractivity contribution in [1.29, 1.82) is 0 Å². The average molecular weight is 288 g/mol. The number of aromatic nitrogens is 1. The van der Waals surface area contributed by atoms with E-state index in [2.05, 4.69) is 12.6 Å². The molecule has 4 aromatic rings. The maximum absolute atomic E-state index is 6.30. The van der Waals surface area contributed by atoms with Crippen LogP contribution in [0.3, 0.4) is 0 Å². The van der Waals surface area contributed by atoms with Gasteiger partial charge in [-0.1, -0.05) is 43.0 Å². The standard InChI is InChI=1S/C19H16N2O/c1-3-4-7-13-12(2)21(20)19-14(13)10-11-17-18(19)15-8-5-6-9-16(15)22-17/h3-11H,2,20H2,1H3. The van der Waals surface area contributed by atoms with Crippen LogP contribution in [0, 0.1) is 0 Å². The van der Waals surface area contributed by atoms with Gasteiger partial charge in [-0.05, 0) is 25.1 Å². The van der Waals surface area contributed by atoms with Crippen LogP contribution in [0.5, 0.6) is 0 Å². The molecular formula is C19H16N2O. The van der Waals surface area contributed by atoms with Gasteiger partial charge in [0.1, 0.15) is 11.2 Å². The van der Waals surface area contributed by atoms with Crippen LogP contribution < -0.4 is 16.4 Å². The predicted molar refractivity (Wildman–Crippen MR) is 93.4 cm³/mol. The van der Waals surface area contributed by atoms with Crippen molar-refractivity contribution < 1.29 is 4.42 Å². The Morgan fingerprint density at radius 1 is 1.09 bits per heavy atom. The summed E-state index contributed by atoms with van der Waals surface area (Å²) in [6.45, 7) is 6.11. The molecule has 3 nitrogen and oxygen atoms in total. The smallest absolute Gasteiger partial charge is 0.137 e. The third-order valence-electron chi connectivity index (χ3n) is 4.10. The Labute approximate surface area is 127 Å². The van der Waals surface area contributed by atoms with Crippen LogP contribution in [0.1, 0.15) is 6.92 Å². The molecule has 0 bridgehead atoms. The summed E-state index contributed by atoms with van der Waals surface area (Å²) in [6, 6.07) is 12.1. The van der Waals surface area contributed by atoms with Gasteiger partial charge in [-0.2, -0.15) is 0 Å². The highest BCUT2D eigenvalue weighted by Crippen LogP contribution is 2.32. The zero-order valence-corrected chi connectivity index (χ0v) is 12.3. The highest BCUT2D eigenvalue weighted by Gasteiger charge is 2.14. The van der Waals surface area contributed by atoms with E-state index >= 15 is 0 Å².